The summed E-state index contributed by atoms with van der Waals surface area (Å²) in [5.74, 6) is 0. The second-order valence-corrected chi connectivity index (χ2v) is 2.23. The van der Waals surface area contributed by atoms with Gasteiger partial charge in [0.05, 0.1) is 0 Å². The minimum atomic E-state index is -1.68. The molecule has 0 saturated carbocycles. The highest BCUT2D eigenvalue weighted by Crippen LogP contribution is 2.02. The SMILES string of the molecule is FC(F)=CC=Cc1ccccc1. The maximum absolute atomic E-state index is 11.5. The Morgan fingerprint density at radius 1 is 1.08 bits per heavy atom. The van der Waals surface area contributed by atoms with E-state index in [4.69, 9.17) is 0 Å². The molecule has 0 heterocycles. The average Bonchev–Trinajstić information content (AvgIpc) is 2.05. The second-order valence-electron chi connectivity index (χ2n) is 2.23. The van der Waals surface area contributed by atoms with E-state index in [-0.39, 0.29) is 0 Å². The quantitative estimate of drug-likeness (QED) is 0.590. The summed E-state index contributed by atoms with van der Waals surface area (Å²) in [5.41, 5.74) is 0.912. The van der Waals surface area contributed by atoms with Crippen LogP contribution in [0.2, 0.25) is 0 Å². The Morgan fingerprint density at radius 3 is 2.33 bits per heavy atom. The van der Waals surface area contributed by atoms with Crippen LogP contribution in [0.4, 0.5) is 8.78 Å². The van der Waals surface area contributed by atoms with E-state index in [0.29, 0.717) is 0 Å². The number of allylic oxidation sites excluding steroid dienone is 2. The van der Waals surface area contributed by atoms with Gasteiger partial charge >= 0.3 is 0 Å². The van der Waals surface area contributed by atoms with E-state index < -0.39 is 6.08 Å². The van der Waals surface area contributed by atoms with Gasteiger partial charge in [0.15, 0.2) is 0 Å². The molecule has 0 aliphatic rings. The summed E-state index contributed by atoms with van der Waals surface area (Å²) < 4.78 is 23.1. The largest absolute Gasteiger partial charge is 0.270 e. The molecule has 0 saturated heterocycles. The van der Waals surface area contributed by atoms with Gasteiger partial charge in [-0.1, -0.05) is 42.5 Å². The molecule has 2 heteroatoms. The molecular formula is C10H8F2. The fraction of sp³-hybridized carbons (Fsp3) is 0. The van der Waals surface area contributed by atoms with Gasteiger partial charge in [0.25, 0.3) is 6.08 Å². The maximum atomic E-state index is 11.5. The van der Waals surface area contributed by atoms with E-state index in [1.807, 2.05) is 30.3 Å². The Balaban J connectivity index is 2.64. The van der Waals surface area contributed by atoms with E-state index in [1.165, 1.54) is 6.08 Å². The molecule has 12 heavy (non-hydrogen) atoms. The third-order valence-electron chi connectivity index (χ3n) is 1.31. The predicted molar refractivity (Wildman–Crippen MR) is 45.8 cm³/mol. The molecule has 62 valence electrons. The molecule has 1 aromatic rings. The lowest BCUT2D eigenvalue weighted by Crippen LogP contribution is -1.66. The average molecular weight is 166 g/mol. The Hall–Kier alpha value is -1.44. The van der Waals surface area contributed by atoms with Gasteiger partial charge in [0.2, 0.25) is 0 Å². The molecular weight excluding hydrogens is 158 g/mol. The summed E-state index contributed by atoms with van der Waals surface area (Å²) in [6, 6.07) is 9.29. The summed E-state index contributed by atoms with van der Waals surface area (Å²) in [6.45, 7) is 0. The third-order valence-corrected chi connectivity index (χ3v) is 1.31. The van der Waals surface area contributed by atoms with Gasteiger partial charge < -0.3 is 0 Å². The zero-order chi connectivity index (χ0) is 8.81. The van der Waals surface area contributed by atoms with E-state index in [2.05, 4.69) is 0 Å². The maximum Gasteiger partial charge on any atom is 0.270 e. The van der Waals surface area contributed by atoms with Gasteiger partial charge in [-0.05, 0) is 5.56 Å². The zero-order valence-electron chi connectivity index (χ0n) is 6.37. The van der Waals surface area contributed by atoms with Crippen LogP contribution in [-0.4, -0.2) is 0 Å². The summed E-state index contributed by atoms with van der Waals surface area (Å²) in [5, 5.41) is 0. The Kier molecular flexibility index (Phi) is 3.20. The molecule has 0 spiro atoms. The summed E-state index contributed by atoms with van der Waals surface area (Å²) in [7, 11) is 0. The lowest BCUT2D eigenvalue weighted by molar-refractivity contribution is 0.422. The molecule has 0 aliphatic heterocycles. The monoisotopic (exact) mass is 166 g/mol. The molecule has 0 fully saturated rings. The highest BCUT2D eigenvalue weighted by Gasteiger charge is 1.83. The second kappa shape index (κ2) is 4.44. The number of hydrogen-bond donors (Lipinski definition) is 0. The van der Waals surface area contributed by atoms with Crippen molar-refractivity contribution in [2.45, 2.75) is 0 Å². The van der Waals surface area contributed by atoms with Crippen molar-refractivity contribution < 1.29 is 8.78 Å². The number of rotatable bonds is 2. The van der Waals surface area contributed by atoms with Crippen molar-refractivity contribution in [1.29, 1.82) is 0 Å². The molecule has 0 N–H and O–H groups in total. The van der Waals surface area contributed by atoms with Crippen molar-refractivity contribution in [2.24, 2.45) is 0 Å². The zero-order valence-corrected chi connectivity index (χ0v) is 6.37. The first-order valence-electron chi connectivity index (χ1n) is 3.53. The van der Waals surface area contributed by atoms with Crippen LogP contribution < -0.4 is 0 Å². The van der Waals surface area contributed by atoms with Crippen LogP contribution in [0.3, 0.4) is 0 Å². The van der Waals surface area contributed by atoms with Crippen molar-refractivity contribution >= 4 is 6.08 Å². The lowest BCUT2D eigenvalue weighted by atomic mass is 10.2. The van der Waals surface area contributed by atoms with Gasteiger partial charge in [-0.2, -0.15) is 8.78 Å². The van der Waals surface area contributed by atoms with Crippen molar-refractivity contribution in [3.8, 4) is 0 Å². The van der Waals surface area contributed by atoms with Crippen LogP contribution in [0.15, 0.2) is 48.6 Å². The molecule has 0 aromatic heterocycles. The van der Waals surface area contributed by atoms with Gasteiger partial charge in [0.1, 0.15) is 0 Å². The Bertz CT molecular complexity index is 282. The first-order chi connectivity index (χ1) is 5.79. The Morgan fingerprint density at radius 2 is 1.75 bits per heavy atom. The van der Waals surface area contributed by atoms with Gasteiger partial charge in [0, 0.05) is 6.08 Å². The smallest absolute Gasteiger partial charge is 0.173 e. The predicted octanol–water partition coefficient (Wildman–Crippen LogP) is 3.48. The minimum Gasteiger partial charge on any atom is -0.173 e. The fourth-order valence-electron chi connectivity index (χ4n) is 0.796. The van der Waals surface area contributed by atoms with E-state index >= 15 is 0 Å². The Labute approximate surface area is 69.8 Å². The number of halogens is 2. The van der Waals surface area contributed by atoms with Crippen LogP contribution in [-0.2, 0) is 0 Å². The molecule has 0 radical (unpaired) electrons. The van der Waals surface area contributed by atoms with Crippen molar-refractivity contribution in [3.05, 3.63) is 54.1 Å². The molecule has 0 atom stereocenters. The van der Waals surface area contributed by atoms with Crippen LogP contribution >= 0.6 is 0 Å². The fourth-order valence-corrected chi connectivity index (χ4v) is 0.796. The van der Waals surface area contributed by atoms with E-state index in [9.17, 15) is 8.78 Å². The molecule has 1 rings (SSSR count). The van der Waals surface area contributed by atoms with Crippen molar-refractivity contribution in [1.82, 2.24) is 0 Å². The normalized spacial score (nSPS) is 10.2. The molecule has 0 aliphatic carbocycles. The van der Waals surface area contributed by atoms with Gasteiger partial charge in [-0.15, -0.1) is 0 Å². The molecule has 0 nitrogen and oxygen atoms in total. The highest BCUT2D eigenvalue weighted by molar-refractivity contribution is 5.50. The highest BCUT2D eigenvalue weighted by atomic mass is 19.3. The van der Waals surface area contributed by atoms with Crippen molar-refractivity contribution in [3.63, 3.8) is 0 Å². The van der Waals surface area contributed by atoms with Gasteiger partial charge in [-0.3, -0.25) is 0 Å². The molecule has 0 amide bonds. The first kappa shape index (κ1) is 8.65. The lowest BCUT2D eigenvalue weighted by Gasteiger charge is -1.87. The van der Waals surface area contributed by atoms with E-state index in [1.54, 1.807) is 6.08 Å². The number of hydrogen-bond acceptors (Lipinski definition) is 0. The standard InChI is InChI=1S/C10H8F2/c11-10(12)8-4-7-9-5-2-1-3-6-9/h1-8H. The topological polar surface area (TPSA) is 0 Å². The number of benzene rings is 1. The van der Waals surface area contributed by atoms with Crippen molar-refractivity contribution in [2.75, 3.05) is 0 Å². The minimum absolute atomic E-state index is 0.771. The third kappa shape index (κ3) is 3.10. The first-order valence-corrected chi connectivity index (χ1v) is 3.53. The van der Waals surface area contributed by atoms with Crippen LogP contribution in [0, 0.1) is 0 Å². The van der Waals surface area contributed by atoms with Crippen LogP contribution in [0.25, 0.3) is 6.08 Å². The molecule has 0 unspecified atom stereocenters. The van der Waals surface area contributed by atoms with Gasteiger partial charge in [-0.25, -0.2) is 0 Å². The summed E-state index contributed by atoms with van der Waals surface area (Å²) in [6.07, 6.45) is 2.04. The molecule has 0 bridgehead atoms. The summed E-state index contributed by atoms with van der Waals surface area (Å²) in [4.78, 5) is 0. The van der Waals surface area contributed by atoms with Crippen LogP contribution in [0.1, 0.15) is 5.56 Å². The summed E-state index contributed by atoms with van der Waals surface area (Å²) >= 11 is 0. The molecule has 1 aromatic carbocycles. The van der Waals surface area contributed by atoms with E-state index in [0.717, 1.165) is 11.6 Å². The van der Waals surface area contributed by atoms with Crippen LogP contribution in [0.5, 0.6) is 0 Å².